The van der Waals surface area contributed by atoms with Gasteiger partial charge in [0.2, 0.25) is 5.91 Å². The SMILES string of the molecule is COc1cccc(CC(=O)N[C@H]2CCCC[C@@H]2C(F)(F)F)c1. The second kappa shape index (κ2) is 7.03. The zero-order valence-electron chi connectivity index (χ0n) is 12.5. The van der Waals surface area contributed by atoms with E-state index in [4.69, 9.17) is 4.74 Å². The molecule has 0 spiro atoms. The van der Waals surface area contributed by atoms with Gasteiger partial charge in [-0.25, -0.2) is 0 Å². The van der Waals surface area contributed by atoms with Crippen molar-refractivity contribution in [2.75, 3.05) is 7.11 Å². The summed E-state index contributed by atoms with van der Waals surface area (Å²) < 4.78 is 44.1. The van der Waals surface area contributed by atoms with E-state index in [0.717, 1.165) is 12.0 Å². The normalized spacial score (nSPS) is 22.2. The first-order valence-electron chi connectivity index (χ1n) is 7.39. The van der Waals surface area contributed by atoms with Gasteiger partial charge in [0, 0.05) is 6.04 Å². The molecule has 0 radical (unpaired) electrons. The van der Waals surface area contributed by atoms with E-state index < -0.39 is 18.1 Å². The molecule has 0 aliphatic heterocycles. The Kier molecular flexibility index (Phi) is 5.32. The summed E-state index contributed by atoms with van der Waals surface area (Å²) in [7, 11) is 1.52. The molecule has 1 amide bonds. The van der Waals surface area contributed by atoms with Crippen LogP contribution in [0.5, 0.6) is 5.75 Å². The van der Waals surface area contributed by atoms with Crippen LogP contribution in [0.2, 0.25) is 0 Å². The number of rotatable bonds is 4. The van der Waals surface area contributed by atoms with Gasteiger partial charge in [0.15, 0.2) is 0 Å². The van der Waals surface area contributed by atoms with Crippen LogP contribution in [0.25, 0.3) is 0 Å². The topological polar surface area (TPSA) is 38.3 Å². The van der Waals surface area contributed by atoms with E-state index in [9.17, 15) is 18.0 Å². The maximum Gasteiger partial charge on any atom is 0.393 e. The minimum Gasteiger partial charge on any atom is -0.497 e. The Balaban J connectivity index is 1.97. The number of halogens is 3. The standard InChI is InChI=1S/C16H20F3NO2/c1-22-12-6-4-5-11(9-12)10-15(21)20-14-8-3-2-7-13(14)16(17,18)19/h4-6,9,13-14H,2-3,7-8,10H2,1H3,(H,20,21)/t13-,14-/m0/s1. The predicted octanol–water partition coefficient (Wildman–Crippen LogP) is 3.48. The number of alkyl halides is 3. The van der Waals surface area contributed by atoms with E-state index in [2.05, 4.69) is 5.32 Å². The van der Waals surface area contributed by atoms with Gasteiger partial charge < -0.3 is 10.1 Å². The number of hydrogen-bond acceptors (Lipinski definition) is 2. The predicted molar refractivity (Wildman–Crippen MR) is 76.6 cm³/mol. The summed E-state index contributed by atoms with van der Waals surface area (Å²) in [6.07, 6.45) is -2.45. The third kappa shape index (κ3) is 4.39. The number of ether oxygens (including phenoxy) is 1. The Hall–Kier alpha value is -1.72. The van der Waals surface area contributed by atoms with Crippen LogP contribution < -0.4 is 10.1 Å². The summed E-state index contributed by atoms with van der Waals surface area (Å²) in [5.74, 6) is -1.19. The zero-order chi connectivity index (χ0) is 16.2. The molecule has 6 heteroatoms. The molecule has 122 valence electrons. The van der Waals surface area contributed by atoms with Crippen molar-refractivity contribution in [3.05, 3.63) is 29.8 Å². The van der Waals surface area contributed by atoms with Crippen LogP contribution in [-0.2, 0) is 11.2 Å². The Morgan fingerprint density at radius 2 is 2.05 bits per heavy atom. The van der Waals surface area contributed by atoms with Crippen molar-refractivity contribution in [3.8, 4) is 5.75 Å². The van der Waals surface area contributed by atoms with E-state index in [-0.39, 0.29) is 18.7 Å². The Morgan fingerprint density at radius 1 is 1.32 bits per heavy atom. The number of carbonyl (C=O) groups excluding carboxylic acids is 1. The molecular formula is C16H20F3NO2. The Morgan fingerprint density at radius 3 is 2.73 bits per heavy atom. The molecule has 22 heavy (non-hydrogen) atoms. The maximum absolute atomic E-state index is 13.0. The fourth-order valence-corrected chi connectivity index (χ4v) is 2.92. The largest absolute Gasteiger partial charge is 0.497 e. The Labute approximate surface area is 127 Å². The average Bonchev–Trinajstić information content (AvgIpc) is 2.46. The number of amides is 1. The third-order valence-electron chi connectivity index (χ3n) is 4.03. The number of benzene rings is 1. The lowest BCUT2D eigenvalue weighted by molar-refractivity contribution is -0.189. The minimum atomic E-state index is -4.26. The molecule has 3 nitrogen and oxygen atoms in total. The molecule has 0 aromatic heterocycles. The van der Waals surface area contributed by atoms with Crippen LogP contribution in [0.4, 0.5) is 13.2 Å². The molecule has 0 heterocycles. The van der Waals surface area contributed by atoms with Gasteiger partial charge in [-0.1, -0.05) is 25.0 Å². The van der Waals surface area contributed by atoms with Crippen LogP contribution in [0, 0.1) is 5.92 Å². The summed E-state index contributed by atoms with van der Waals surface area (Å²) in [5.41, 5.74) is 0.719. The van der Waals surface area contributed by atoms with Crippen LogP contribution in [0.15, 0.2) is 24.3 Å². The van der Waals surface area contributed by atoms with E-state index in [1.54, 1.807) is 24.3 Å². The second-order valence-corrected chi connectivity index (χ2v) is 5.63. The highest BCUT2D eigenvalue weighted by Gasteiger charge is 2.45. The highest BCUT2D eigenvalue weighted by atomic mass is 19.4. The van der Waals surface area contributed by atoms with Gasteiger partial charge in [-0.3, -0.25) is 4.79 Å². The summed E-state index contributed by atoms with van der Waals surface area (Å²) in [6, 6.07) is 6.15. The molecule has 1 aromatic carbocycles. The zero-order valence-corrected chi connectivity index (χ0v) is 12.5. The fourth-order valence-electron chi connectivity index (χ4n) is 2.92. The highest BCUT2D eigenvalue weighted by molar-refractivity contribution is 5.79. The summed E-state index contributed by atoms with van der Waals surface area (Å²) in [6.45, 7) is 0. The second-order valence-electron chi connectivity index (χ2n) is 5.63. The number of nitrogens with one attached hydrogen (secondary N) is 1. The number of carbonyl (C=O) groups is 1. The van der Waals surface area contributed by atoms with Gasteiger partial charge in [0.05, 0.1) is 19.4 Å². The van der Waals surface area contributed by atoms with E-state index >= 15 is 0 Å². The first-order valence-corrected chi connectivity index (χ1v) is 7.39. The fraction of sp³-hybridized carbons (Fsp3) is 0.562. The van der Waals surface area contributed by atoms with Crippen molar-refractivity contribution in [1.29, 1.82) is 0 Å². The summed E-state index contributed by atoms with van der Waals surface area (Å²) >= 11 is 0. The van der Waals surface area contributed by atoms with Gasteiger partial charge in [-0.05, 0) is 30.5 Å². The van der Waals surface area contributed by atoms with Crippen molar-refractivity contribution in [2.24, 2.45) is 5.92 Å². The molecule has 0 saturated heterocycles. The van der Waals surface area contributed by atoms with E-state index in [1.807, 2.05) is 0 Å². The minimum absolute atomic E-state index is 0.0538. The molecule has 1 aromatic rings. The van der Waals surface area contributed by atoms with E-state index in [0.29, 0.717) is 18.6 Å². The quantitative estimate of drug-likeness (QED) is 0.924. The van der Waals surface area contributed by atoms with Crippen molar-refractivity contribution >= 4 is 5.91 Å². The summed E-state index contributed by atoms with van der Waals surface area (Å²) in [5, 5.41) is 2.56. The maximum atomic E-state index is 13.0. The number of methoxy groups -OCH3 is 1. The van der Waals surface area contributed by atoms with Gasteiger partial charge >= 0.3 is 6.18 Å². The smallest absolute Gasteiger partial charge is 0.393 e. The lowest BCUT2D eigenvalue weighted by Crippen LogP contribution is -2.48. The van der Waals surface area contributed by atoms with Gasteiger partial charge in [0.1, 0.15) is 5.75 Å². The van der Waals surface area contributed by atoms with E-state index in [1.165, 1.54) is 7.11 Å². The van der Waals surface area contributed by atoms with Crippen LogP contribution in [0.1, 0.15) is 31.2 Å². The molecule has 1 fully saturated rings. The molecule has 1 N–H and O–H groups in total. The lowest BCUT2D eigenvalue weighted by Gasteiger charge is -2.33. The highest BCUT2D eigenvalue weighted by Crippen LogP contribution is 2.37. The first-order chi connectivity index (χ1) is 10.4. The van der Waals surface area contributed by atoms with Crippen molar-refractivity contribution in [1.82, 2.24) is 5.32 Å². The van der Waals surface area contributed by atoms with Crippen molar-refractivity contribution < 1.29 is 22.7 Å². The van der Waals surface area contributed by atoms with Gasteiger partial charge in [-0.15, -0.1) is 0 Å². The monoisotopic (exact) mass is 315 g/mol. The molecular weight excluding hydrogens is 295 g/mol. The Bertz CT molecular complexity index is 516. The van der Waals surface area contributed by atoms with Crippen molar-refractivity contribution in [3.63, 3.8) is 0 Å². The molecule has 2 atom stereocenters. The van der Waals surface area contributed by atoms with Gasteiger partial charge in [0.25, 0.3) is 0 Å². The van der Waals surface area contributed by atoms with Crippen LogP contribution in [0.3, 0.4) is 0 Å². The molecule has 1 aliphatic carbocycles. The lowest BCUT2D eigenvalue weighted by atomic mass is 9.84. The molecule has 0 unspecified atom stereocenters. The molecule has 2 rings (SSSR count). The summed E-state index contributed by atoms with van der Waals surface area (Å²) in [4.78, 5) is 12.0. The molecule has 0 bridgehead atoms. The first kappa shape index (κ1) is 16.6. The van der Waals surface area contributed by atoms with Crippen LogP contribution >= 0.6 is 0 Å². The third-order valence-corrected chi connectivity index (χ3v) is 4.03. The number of hydrogen-bond donors (Lipinski definition) is 1. The van der Waals surface area contributed by atoms with Crippen molar-refractivity contribution in [2.45, 2.75) is 44.3 Å². The van der Waals surface area contributed by atoms with Crippen LogP contribution in [-0.4, -0.2) is 25.2 Å². The molecule has 1 saturated carbocycles. The molecule has 1 aliphatic rings. The average molecular weight is 315 g/mol. The van der Waals surface area contributed by atoms with Gasteiger partial charge in [-0.2, -0.15) is 13.2 Å².